The van der Waals surface area contributed by atoms with Gasteiger partial charge in [0.25, 0.3) is 0 Å². The Labute approximate surface area is 158 Å². The molecular formula is C18H15BrN2O3S. The molecule has 0 spiro atoms. The van der Waals surface area contributed by atoms with E-state index in [4.69, 9.17) is 15.1 Å². The van der Waals surface area contributed by atoms with Crippen LogP contribution in [-0.2, 0) is 11.4 Å². The normalized spacial score (nSPS) is 19.4. The van der Waals surface area contributed by atoms with E-state index in [1.54, 1.807) is 17.8 Å². The number of carboxylic acids is 1. The Morgan fingerprint density at radius 2 is 2.20 bits per heavy atom. The number of aliphatic carboxylic acids is 1. The topological polar surface area (TPSA) is 82.3 Å². The third-order valence-corrected chi connectivity index (χ3v) is 5.75. The number of carboxylic acid groups (broad SMARTS) is 1. The Kier molecular flexibility index (Phi) is 5.63. The van der Waals surface area contributed by atoms with Crippen molar-refractivity contribution in [3.8, 4) is 11.8 Å². The SMILES string of the molecule is N#Cc1ccccc1COc1ccc([C@H]2N[C@@H](C(=O)O)CS2)cc1Br. The second-order valence-electron chi connectivity index (χ2n) is 5.52. The minimum Gasteiger partial charge on any atom is -0.488 e. The molecule has 2 aromatic carbocycles. The van der Waals surface area contributed by atoms with E-state index in [0.717, 1.165) is 15.6 Å². The maximum absolute atomic E-state index is 11.0. The molecule has 1 fully saturated rings. The maximum atomic E-state index is 11.0. The Hall–Kier alpha value is -2.01. The molecule has 3 rings (SSSR count). The number of benzene rings is 2. The number of hydrogen-bond acceptors (Lipinski definition) is 5. The first-order valence-corrected chi connectivity index (χ1v) is 9.43. The van der Waals surface area contributed by atoms with Crippen LogP contribution in [0.3, 0.4) is 0 Å². The van der Waals surface area contributed by atoms with Gasteiger partial charge in [0.2, 0.25) is 0 Å². The average molecular weight is 419 g/mol. The van der Waals surface area contributed by atoms with Crippen LogP contribution >= 0.6 is 27.7 Å². The van der Waals surface area contributed by atoms with Crippen LogP contribution in [0.4, 0.5) is 0 Å². The summed E-state index contributed by atoms with van der Waals surface area (Å²) in [6.07, 6.45) is 0. The van der Waals surface area contributed by atoms with E-state index >= 15 is 0 Å². The van der Waals surface area contributed by atoms with Gasteiger partial charge in [-0.15, -0.1) is 11.8 Å². The van der Waals surface area contributed by atoms with Crippen molar-refractivity contribution in [1.29, 1.82) is 5.26 Å². The Morgan fingerprint density at radius 3 is 2.88 bits per heavy atom. The van der Waals surface area contributed by atoms with Crippen LogP contribution in [0.5, 0.6) is 5.75 Å². The zero-order chi connectivity index (χ0) is 17.8. The second kappa shape index (κ2) is 7.91. The van der Waals surface area contributed by atoms with E-state index in [0.29, 0.717) is 23.7 Å². The Morgan fingerprint density at radius 1 is 1.40 bits per heavy atom. The molecule has 1 heterocycles. The number of carbonyl (C=O) groups is 1. The number of nitrogens with zero attached hydrogens (tertiary/aromatic N) is 1. The van der Waals surface area contributed by atoms with Gasteiger partial charge in [-0.1, -0.05) is 24.3 Å². The molecule has 0 bridgehead atoms. The Bertz CT molecular complexity index is 837. The van der Waals surface area contributed by atoms with E-state index in [1.165, 1.54) is 0 Å². The third kappa shape index (κ3) is 4.15. The minimum absolute atomic E-state index is 0.0502. The van der Waals surface area contributed by atoms with Crippen molar-refractivity contribution in [3.05, 3.63) is 63.6 Å². The van der Waals surface area contributed by atoms with Gasteiger partial charge in [-0.3, -0.25) is 10.1 Å². The predicted molar refractivity (Wildman–Crippen MR) is 99.4 cm³/mol. The standard InChI is InChI=1S/C18H15BrN2O3S/c19-14-7-11(17-21-15(10-25-17)18(22)23)5-6-16(14)24-9-13-4-2-1-3-12(13)8-20/h1-7,15,17,21H,9-10H2,(H,22,23)/t15-,17+/m1/s1. The summed E-state index contributed by atoms with van der Waals surface area (Å²) >= 11 is 5.08. The number of ether oxygens (including phenoxy) is 1. The lowest BCUT2D eigenvalue weighted by Gasteiger charge is -2.14. The van der Waals surface area contributed by atoms with Crippen LogP contribution in [0, 0.1) is 11.3 Å². The molecule has 0 saturated carbocycles. The summed E-state index contributed by atoms with van der Waals surface area (Å²) in [5.41, 5.74) is 2.42. The highest BCUT2D eigenvalue weighted by Gasteiger charge is 2.30. The zero-order valence-corrected chi connectivity index (χ0v) is 15.5. The molecular weight excluding hydrogens is 404 g/mol. The number of nitriles is 1. The fourth-order valence-electron chi connectivity index (χ4n) is 2.51. The number of rotatable bonds is 5. The summed E-state index contributed by atoms with van der Waals surface area (Å²) in [7, 11) is 0. The van der Waals surface area contributed by atoms with Gasteiger partial charge in [0, 0.05) is 11.3 Å². The molecule has 1 saturated heterocycles. The number of halogens is 1. The van der Waals surface area contributed by atoms with E-state index < -0.39 is 12.0 Å². The molecule has 2 aromatic rings. The molecule has 2 atom stereocenters. The highest BCUT2D eigenvalue weighted by molar-refractivity contribution is 9.10. The first-order valence-electron chi connectivity index (χ1n) is 7.59. The molecule has 0 radical (unpaired) electrons. The van der Waals surface area contributed by atoms with Crippen LogP contribution in [-0.4, -0.2) is 22.9 Å². The van der Waals surface area contributed by atoms with Crippen LogP contribution in [0.1, 0.15) is 22.1 Å². The van der Waals surface area contributed by atoms with Crippen molar-refractivity contribution in [1.82, 2.24) is 5.32 Å². The molecule has 5 nitrogen and oxygen atoms in total. The molecule has 2 N–H and O–H groups in total. The quantitative estimate of drug-likeness (QED) is 0.770. The molecule has 1 aliphatic heterocycles. The molecule has 0 aromatic heterocycles. The van der Waals surface area contributed by atoms with Gasteiger partial charge in [0.05, 0.1) is 21.5 Å². The summed E-state index contributed by atoms with van der Waals surface area (Å²) in [5.74, 6) is 0.389. The minimum atomic E-state index is -0.829. The van der Waals surface area contributed by atoms with Gasteiger partial charge in [0.1, 0.15) is 18.4 Å². The number of thioether (sulfide) groups is 1. The van der Waals surface area contributed by atoms with Gasteiger partial charge in [-0.25, -0.2) is 0 Å². The van der Waals surface area contributed by atoms with E-state index in [2.05, 4.69) is 27.3 Å². The highest BCUT2D eigenvalue weighted by atomic mass is 79.9. The molecule has 25 heavy (non-hydrogen) atoms. The molecule has 0 amide bonds. The van der Waals surface area contributed by atoms with E-state index in [-0.39, 0.29) is 5.37 Å². The van der Waals surface area contributed by atoms with Crippen LogP contribution in [0.25, 0.3) is 0 Å². The lowest BCUT2D eigenvalue weighted by Crippen LogP contribution is -2.33. The lowest BCUT2D eigenvalue weighted by atomic mass is 10.1. The van der Waals surface area contributed by atoms with Crippen molar-refractivity contribution >= 4 is 33.7 Å². The fraction of sp³-hybridized carbons (Fsp3) is 0.222. The fourth-order valence-corrected chi connectivity index (χ4v) is 4.25. The van der Waals surface area contributed by atoms with Gasteiger partial charge >= 0.3 is 5.97 Å². The number of hydrogen-bond donors (Lipinski definition) is 2. The lowest BCUT2D eigenvalue weighted by molar-refractivity contribution is -0.138. The highest BCUT2D eigenvalue weighted by Crippen LogP contribution is 2.36. The van der Waals surface area contributed by atoms with Crippen LogP contribution < -0.4 is 10.1 Å². The monoisotopic (exact) mass is 418 g/mol. The second-order valence-corrected chi connectivity index (χ2v) is 7.51. The maximum Gasteiger partial charge on any atom is 0.321 e. The smallest absolute Gasteiger partial charge is 0.321 e. The molecule has 0 aliphatic carbocycles. The summed E-state index contributed by atoms with van der Waals surface area (Å²) in [6, 6.07) is 14.7. The first kappa shape index (κ1) is 17.8. The summed E-state index contributed by atoms with van der Waals surface area (Å²) in [4.78, 5) is 11.0. The van der Waals surface area contributed by atoms with Gasteiger partial charge < -0.3 is 9.84 Å². The van der Waals surface area contributed by atoms with Crippen molar-refractivity contribution in [3.63, 3.8) is 0 Å². The largest absolute Gasteiger partial charge is 0.488 e. The van der Waals surface area contributed by atoms with Crippen LogP contribution in [0.2, 0.25) is 0 Å². The van der Waals surface area contributed by atoms with Crippen molar-refractivity contribution in [2.45, 2.75) is 18.0 Å². The van der Waals surface area contributed by atoms with Gasteiger partial charge in [0.15, 0.2) is 0 Å². The molecule has 7 heteroatoms. The molecule has 1 aliphatic rings. The van der Waals surface area contributed by atoms with Crippen LogP contribution in [0.15, 0.2) is 46.9 Å². The Balaban J connectivity index is 1.68. The molecule has 128 valence electrons. The van der Waals surface area contributed by atoms with Crippen molar-refractivity contribution in [2.24, 2.45) is 0 Å². The average Bonchev–Trinajstić information content (AvgIpc) is 3.11. The first-order chi connectivity index (χ1) is 12.1. The van der Waals surface area contributed by atoms with Crippen molar-refractivity contribution < 1.29 is 14.6 Å². The summed E-state index contributed by atoms with van der Waals surface area (Å²) < 4.78 is 6.62. The molecule has 0 unspecified atom stereocenters. The summed E-state index contributed by atoms with van der Waals surface area (Å²) in [5, 5.41) is 21.2. The zero-order valence-electron chi connectivity index (χ0n) is 13.1. The van der Waals surface area contributed by atoms with E-state index in [1.807, 2.05) is 36.4 Å². The third-order valence-electron chi connectivity index (χ3n) is 3.86. The van der Waals surface area contributed by atoms with E-state index in [9.17, 15) is 4.79 Å². The van der Waals surface area contributed by atoms with Gasteiger partial charge in [-0.05, 0) is 39.7 Å². The summed E-state index contributed by atoms with van der Waals surface area (Å²) in [6.45, 7) is 0.305. The predicted octanol–water partition coefficient (Wildman–Crippen LogP) is 3.69. The van der Waals surface area contributed by atoms with Crippen molar-refractivity contribution in [2.75, 3.05) is 5.75 Å². The number of nitrogens with one attached hydrogen (secondary N) is 1. The van der Waals surface area contributed by atoms with Gasteiger partial charge in [-0.2, -0.15) is 5.26 Å².